The van der Waals surface area contributed by atoms with Crippen molar-refractivity contribution in [1.82, 2.24) is 9.78 Å². The first-order valence-corrected chi connectivity index (χ1v) is 8.92. The molecular weight excluding hydrogens is 348 g/mol. The molecule has 5 rings (SSSR count). The number of hydrogen-bond acceptors (Lipinski definition) is 3. The highest BCUT2D eigenvalue weighted by atomic mass is 35.5. The molecule has 0 unspecified atom stereocenters. The van der Waals surface area contributed by atoms with E-state index < -0.39 is 0 Å². The van der Waals surface area contributed by atoms with E-state index in [1.807, 2.05) is 49.4 Å². The molecule has 2 aromatic carbocycles. The van der Waals surface area contributed by atoms with Crippen LogP contribution < -0.4 is 9.47 Å². The van der Waals surface area contributed by atoms with Crippen LogP contribution in [-0.4, -0.2) is 16.4 Å². The maximum atomic E-state index is 6.41. The van der Waals surface area contributed by atoms with Crippen molar-refractivity contribution in [1.29, 1.82) is 0 Å². The highest BCUT2D eigenvalue weighted by Gasteiger charge is 2.46. The summed E-state index contributed by atoms with van der Waals surface area (Å²) in [7, 11) is 0. The van der Waals surface area contributed by atoms with E-state index >= 15 is 0 Å². The third-order valence-corrected chi connectivity index (χ3v) is 5.68. The van der Waals surface area contributed by atoms with E-state index in [-0.39, 0.29) is 5.41 Å². The number of aryl methyl sites for hydroxylation is 1. The third-order valence-electron chi connectivity index (χ3n) is 5.36. The molecule has 26 heavy (non-hydrogen) atoms. The number of fused-ring (bicyclic) bond motifs is 5. The van der Waals surface area contributed by atoms with Crippen LogP contribution in [0, 0.1) is 6.92 Å². The second-order valence-corrected chi connectivity index (χ2v) is 7.21. The summed E-state index contributed by atoms with van der Waals surface area (Å²) in [6, 6.07) is 15.8. The summed E-state index contributed by atoms with van der Waals surface area (Å²) in [6.45, 7) is 4.73. The lowest BCUT2D eigenvalue weighted by Gasteiger charge is -2.40. The number of para-hydroxylation sites is 2. The molecule has 5 heteroatoms. The fourth-order valence-corrected chi connectivity index (χ4v) is 4.25. The average Bonchev–Trinajstić information content (AvgIpc) is 2.99. The second-order valence-electron chi connectivity index (χ2n) is 6.80. The van der Waals surface area contributed by atoms with E-state index in [0.29, 0.717) is 17.5 Å². The fourth-order valence-electron chi connectivity index (χ4n) is 4.03. The highest BCUT2D eigenvalue weighted by molar-refractivity contribution is 6.32. The predicted octanol–water partition coefficient (Wildman–Crippen LogP) is 4.81. The quantitative estimate of drug-likeness (QED) is 0.621. The Kier molecular flexibility index (Phi) is 3.22. The third kappa shape index (κ3) is 1.93. The topological polar surface area (TPSA) is 36.3 Å². The Morgan fingerprint density at radius 1 is 1.12 bits per heavy atom. The van der Waals surface area contributed by atoms with E-state index in [0.717, 1.165) is 33.8 Å². The van der Waals surface area contributed by atoms with Crippen LogP contribution in [0.4, 0.5) is 0 Å². The van der Waals surface area contributed by atoms with E-state index in [1.54, 1.807) is 10.9 Å². The van der Waals surface area contributed by atoms with Gasteiger partial charge in [0.05, 0.1) is 33.6 Å². The minimum atomic E-state index is -0.341. The normalized spacial score (nSPS) is 20.2. The van der Waals surface area contributed by atoms with E-state index in [4.69, 9.17) is 26.2 Å². The number of nitrogens with zero attached hydrogens (tertiary/aromatic N) is 2. The molecule has 0 spiro atoms. The molecule has 1 aromatic heterocycles. The zero-order valence-electron chi connectivity index (χ0n) is 14.5. The summed E-state index contributed by atoms with van der Waals surface area (Å²) >= 11 is 6.41. The molecule has 2 aliphatic heterocycles. The molecule has 1 atom stereocenters. The predicted molar refractivity (Wildman–Crippen MR) is 100 cm³/mol. The van der Waals surface area contributed by atoms with Crippen molar-refractivity contribution in [2.75, 3.05) is 6.61 Å². The Morgan fingerprint density at radius 3 is 2.73 bits per heavy atom. The van der Waals surface area contributed by atoms with Gasteiger partial charge in [0.15, 0.2) is 0 Å². The molecule has 0 fully saturated rings. The fraction of sp³-hybridized carbons (Fsp3) is 0.190. The highest BCUT2D eigenvalue weighted by Crippen LogP contribution is 2.52. The van der Waals surface area contributed by atoms with E-state index in [1.165, 1.54) is 0 Å². The van der Waals surface area contributed by atoms with Gasteiger partial charge in [0.1, 0.15) is 12.4 Å². The van der Waals surface area contributed by atoms with Gasteiger partial charge in [-0.15, -0.1) is 0 Å². The lowest BCUT2D eigenvalue weighted by molar-refractivity contribution is 0.280. The van der Waals surface area contributed by atoms with Gasteiger partial charge in [0.25, 0.3) is 0 Å². The summed E-state index contributed by atoms with van der Waals surface area (Å²) in [6.07, 6.45) is 1.80. The molecule has 0 radical (unpaired) electrons. The van der Waals surface area contributed by atoms with Crippen LogP contribution in [0.15, 0.2) is 60.4 Å². The first-order chi connectivity index (χ1) is 12.6. The molecule has 0 amide bonds. The van der Waals surface area contributed by atoms with Gasteiger partial charge < -0.3 is 9.47 Å². The summed E-state index contributed by atoms with van der Waals surface area (Å²) in [5, 5.41) is 5.40. The molecule has 130 valence electrons. The van der Waals surface area contributed by atoms with Crippen molar-refractivity contribution >= 4 is 11.6 Å². The molecule has 0 saturated carbocycles. The SMILES string of the molecule is Cc1nn(-c2ccccc2Cl)c2c1[C@@]1(C)C(=CO2)COc2ccccc21. The molecule has 4 nitrogen and oxygen atoms in total. The van der Waals surface area contributed by atoms with Crippen LogP contribution in [-0.2, 0) is 5.41 Å². The van der Waals surface area contributed by atoms with Crippen molar-refractivity contribution in [3.05, 3.63) is 82.2 Å². The summed E-state index contributed by atoms with van der Waals surface area (Å²) < 4.78 is 13.8. The molecule has 2 aliphatic rings. The van der Waals surface area contributed by atoms with Gasteiger partial charge in [0.2, 0.25) is 5.88 Å². The first-order valence-electron chi connectivity index (χ1n) is 8.54. The number of halogens is 1. The molecule has 0 bridgehead atoms. The Hall–Kier alpha value is -2.72. The van der Waals surface area contributed by atoms with Crippen molar-refractivity contribution < 1.29 is 9.47 Å². The zero-order chi connectivity index (χ0) is 17.9. The molecule has 0 N–H and O–H groups in total. The van der Waals surface area contributed by atoms with Crippen molar-refractivity contribution in [3.8, 4) is 17.3 Å². The molecule has 3 heterocycles. The van der Waals surface area contributed by atoms with Gasteiger partial charge >= 0.3 is 0 Å². The van der Waals surface area contributed by atoms with E-state index in [9.17, 15) is 0 Å². The van der Waals surface area contributed by atoms with Gasteiger partial charge in [-0.1, -0.05) is 41.9 Å². The summed E-state index contributed by atoms with van der Waals surface area (Å²) in [5.41, 5.74) is 4.66. The van der Waals surface area contributed by atoms with E-state index in [2.05, 4.69) is 13.0 Å². The number of hydrogen-bond donors (Lipinski definition) is 0. The summed E-state index contributed by atoms with van der Waals surface area (Å²) in [4.78, 5) is 0. The number of ether oxygens (including phenoxy) is 2. The molecule has 0 aliphatic carbocycles. The van der Waals surface area contributed by atoms with Gasteiger partial charge in [-0.25, -0.2) is 0 Å². The zero-order valence-corrected chi connectivity index (χ0v) is 15.2. The molecular formula is C21H17ClN2O2. The van der Waals surface area contributed by atoms with Crippen LogP contribution in [0.5, 0.6) is 11.6 Å². The lowest BCUT2D eigenvalue weighted by Crippen LogP contribution is -2.37. The van der Waals surface area contributed by atoms with Gasteiger partial charge in [-0.2, -0.15) is 9.78 Å². The lowest BCUT2D eigenvalue weighted by atomic mass is 9.69. The number of aromatic nitrogens is 2. The van der Waals surface area contributed by atoms with Crippen molar-refractivity contribution in [2.45, 2.75) is 19.3 Å². The van der Waals surface area contributed by atoms with Crippen LogP contribution in [0.3, 0.4) is 0 Å². The van der Waals surface area contributed by atoms with Crippen LogP contribution in [0.1, 0.15) is 23.7 Å². The average molecular weight is 365 g/mol. The maximum Gasteiger partial charge on any atom is 0.226 e. The minimum Gasteiger partial charge on any atom is -0.489 e. The molecule has 3 aromatic rings. The Morgan fingerprint density at radius 2 is 1.88 bits per heavy atom. The maximum absolute atomic E-state index is 6.41. The van der Waals surface area contributed by atoms with Gasteiger partial charge in [-0.05, 0) is 32.0 Å². The number of rotatable bonds is 1. The second kappa shape index (κ2) is 5.39. The standard InChI is InChI=1S/C21H17ClN2O2/c1-13-19-20(24(23-13)17-9-5-4-8-16(17)22)26-12-14-11-25-18-10-6-3-7-15(18)21(14,19)2/h3-10,12H,11H2,1-2H3/t21-/m0/s1. The smallest absolute Gasteiger partial charge is 0.226 e. The van der Waals surface area contributed by atoms with Gasteiger partial charge in [0, 0.05) is 11.1 Å². The largest absolute Gasteiger partial charge is 0.489 e. The monoisotopic (exact) mass is 364 g/mol. The first kappa shape index (κ1) is 15.5. The van der Waals surface area contributed by atoms with Crippen LogP contribution in [0.2, 0.25) is 5.02 Å². The number of benzene rings is 2. The minimum absolute atomic E-state index is 0.341. The Bertz CT molecular complexity index is 1070. The van der Waals surface area contributed by atoms with Crippen LogP contribution in [0.25, 0.3) is 5.69 Å². The summed E-state index contributed by atoms with van der Waals surface area (Å²) in [5.74, 6) is 1.61. The van der Waals surface area contributed by atoms with Crippen molar-refractivity contribution in [3.63, 3.8) is 0 Å². The Labute approximate surface area is 156 Å². The van der Waals surface area contributed by atoms with Crippen LogP contribution >= 0.6 is 11.6 Å². The Balaban J connectivity index is 1.79. The molecule has 0 saturated heterocycles. The van der Waals surface area contributed by atoms with Gasteiger partial charge in [-0.3, -0.25) is 0 Å². The van der Waals surface area contributed by atoms with Crippen molar-refractivity contribution in [2.24, 2.45) is 0 Å².